The summed E-state index contributed by atoms with van der Waals surface area (Å²) >= 11 is 0. The van der Waals surface area contributed by atoms with Crippen molar-refractivity contribution in [1.82, 2.24) is 10.2 Å². The fourth-order valence-electron chi connectivity index (χ4n) is 3.25. The van der Waals surface area contributed by atoms with E-state index in [9.17, 15) is 13.2 Å². The van der Waals surface area contributed by atoms with Crippen molar-refractivity contribution in [3.05, 3.63) is 53.7 Å². The van der Waals surface area contributed by atoms with Gasteiger partial charge in [-0.3, -0.25) is 0 Å². The Morgan fingerprint density at radius 3 is 2.43 bits per heavy atom. The predicted molar refractivity (Wildman–Crippen MR) is 82.2 cm³/mol. The van der Waals surface area contributed by atoms with Gasteiger partial charge < -0.3 is 4.90 Å². The maximum Gasteiger partial charge on any atom is 0.435 e. The number of nitrogens with zero attached hydrogens (tertiary/aromatic N) is 3. The van der Waals surface area contributed by atoms with Crippen molar-refractivity contribution in [3.8, 4) is 0 Å². The molecule has 1 aromatic heterocycles. The molecule has 1 atom stereocenters. The number of anilines is 1. The first kappa shape index (κ1) is 15.8. The van der Waals surface area contributed by atoms with E-state index in [0.717, 1.165) is 31.9 Å². The van der Waals surface area contributed by atoms with Gasteiger partial charge in [0, 0.05) is 12.1 Å². The average molecular weight is 321 g/mol. The molecule has 0 bridgehead atoms. The van der Waals surface area contributed by atoms with Gasteiger partial charge in [0.05, 0.1) is 0 Å². The van der Waals surface area contributed by atoms with Gasteiger partial charge in [-0.15, -0.1) is 10.2 Å². The molecular formula is C17H18F3N3. The predicted octanol–water partition coefficient (Wildman–Crippen LogP) is 4.10. The average Bonchev–Trinajstić information content (AvgIpc) is 2.89. The lowest BCUT2D eigenvalue weighted by molar-refractivity contribution is -0.141. The summed E-state index contributed by atoms with van der Waals surface area (Å²) in [5, 5.41) is 7.17. The first-order valence-corrected chi connectivity index (χ1v) is 7.61. The number of hydrogen-bond acceptors (Lipinski definition) is 3. The van der Waals surface area contributed by atoms with Crippen molar-refractivity contribution in [2.24, 2.45) is 0 Å². The molecule has 0 unspecified atom stereocenters. The van der Waals surface area contributed by atoms with E-state index in [-0.39, 0.29) is 5.54 Å². The maximum absolute atomic E-state index is 12.6. The molecule has 0 spiro atoms. The minimum atomic E-state index is -4.45. The fourth-order valence-corrected chi connectivity index (χ4v) is 3.25. The number of hydrogen-bond donors (Lipinski definition) is 0. The molecular weight excluding hydrogens is 303 g/mol. The van der Waals surface area contributed by atoms with E-state index in [1.54, 1.807) is 0 Å². The van der Waals surface area contributed by atoms with Crippen LogP contribution >= 0.6 is 0 Å². The van der Waals surface area contributed by atoms with Gasteiger partial charge in [-0.25, -0.2) is 0 Å². The molecule has 1 fully saturated rings. The van der Waals surface area contributed by atoms with Gasteiger partial charge in [0.2, 0.25) is 0 Å². The van der Waals surface area contributed by atoms with Gasteiger partial charge in [-0.05, 0) is 43.9 Å². The molecule has 1 aliphatic rings. The maximum atomic E-state index is 12.6. The van der Waals surface area contributed by atoms with Crippen molar-refractivity contribution >= 4 is 5.82 Å². The Hall–Kier alpha value is -2.11. The van der Waals surface area contributed by atoms with E-state index >= 15 is 0 Å². The van der Waals surface area contributed by atoms with Crippen LogP contribution in [0.15, 0.2) is 42.5 Å². The van der Waals surface area contributed by atoms with Crippen LogP contribution in [0.5, 0.6) is 0 Å². The molecule has 1 saturated heterocycles. The largest absolute Gasteiger partial charge is 0.435 e. The number of benzene rings is 1. The molecule has 2 aromatic rings. The third-order valence-corrected chi connectivity index (χ3v) is 4.39. The van der Waals surface area contributed by atoms with Gasteiger partial charge in [-0.2, -0.15) is 13.2 Å². The second-order valence-corrected chi connectivity index (χ2v) is 6.19. The summed E-state index contributed by atoms with van der Waals surface area (Å²) in [5.41, 5.74) is 0.0995. The van der Waals surface area contributed by atoms with E-state index in [2.05, 4.69) is 34.2 Å². The molecule has 3 nitrogen and oxygen atoms in total. The number of halogens is 3. The molecule has 0 radical (unpaired) electrons. The zero-order valence-electron chi connectivity index (χ0n) is 12.8. The van der Waals surface area contributed by atoms with E-state index in [1.165, 1.54) is 11.6 Å². The summed E-state index contributed by atoms with van der Waals surface area (Å²) in [4.78, 5) is 2.08. The highest BCUT2D eigenvalue weighted by Gasteiger charge is 2.38. The molecule has 6 heteroatoms. The molecule has 1 aliphatic heterocycles. The lowest BCUT2D eigenvalue weighted by Crippen LogP contribution is -2.43. The van der Waals surface area contributed by atoms with Crippen LogP contribution in [-0.4, -0.2) is 22.3 Å². The highest BCUT2D eigenvalue weighted by Crippen LogP contribution is 2.36. The van der Waals surface area contributed by atoms with Crippen LogP contribution in [0.2, 0.25) is 0 Å². The van der Waals surface area contributed by atoms with E-state index < -0.39 is 11.9 Å². The van der Waals surface area contributed by atoms with Crippen molar-refractivity contribution in [1.29, 1.82) is 0 Å². The Labute approximate surface area is 133 Å². The minimum Gasteiger partial charge on any atom is -0.349 e. The first-order valence-electron chi connectivity index (χ1n) is 7.61. The summed E-state index contributed by atoms with van der Waals surface area (Å²) in [6, 6.07) is 12.5. The van der Waals surface area contributed by atoms with Crippen LogP contribution in [-0.2, 0) is 12.6 Å². The third-order valence-electron chi connectivity index (χ3n) is 4.39. The molecule has 2 heterocycles. The Morgan fingerprint density at radius 1 is 1.09 bits per heavy atom. The molecule has 23 heavy (non-hydrogen) atoms. The van der Waals surface area contributed by atoms with Crippen molar-refractivity contribution in [2.45, 2.75) is 37.9 Å². The molecule has 1 aromatic carbocycles. The van der Waals surface area contributed by atoms with Crippen LogP contribution in [0, 0.1) is 0 Å². The summed E-state index contributed by atoms with van der Waals surface area (Å²) < 4.78 is 37.9. The second kappa shape index (κ2) is 5.83. The molecule has 0 amide bonds. The van der Waals surface area contributed by atoms with Gasteiger partial charge in [-0.1, -0.05) is 30.3 Å². The summed E-state index contributed by atoms with van der Waals surface area (Å²) in [6.07, 6.45) is -1.66. The fraction of sp³-hybridized carbons (Fsp3) is 0.412. The SMILES string of the molecule is C[C@]1(Cc2ccccc2)CCCN1c1ccc(C(F)(F)F)nn1. The van der Waals surface area contributed by atoms with Gasteiger partial charge >= 0.3 is 6.18 Å². The van der Waals surface area contributed by atoms with Crippen LogP contribution in [0.3, 0.4) is 0 Å². The molecule has 3 rings (SSSR count). The second-order valence-electron chi connectivity index (χ2n) is 6.19. The lowest BCUT2D eigenvalue weighted by Gasteiger charge is -2.36. The standard InChI is InChI=1S/C17H18F3N3/c1-16(12-13-6-3-2-4-7-13)10-5-11-23(16)15-9-8-14(21-22-15)17(18,19)20/h2-4,6-9H,5,10-12H2,1H3/t16-/m1/s1. The van der Waals surface area contributed by atoms with Gasteiger partial charge in [0.1, 0.15) is 0 Å². The monoisotopic (exact) mass is 321 g/mol. The highest BCUT2D eigenvalue weighted by molar-refractivity contribution is 5.44. The number of aromatic nitrogens is 2. The highest BCUT2D eigenvalue weighted by atomic mass is 19.4. The summed E-state index contributed by atoms with van der Waals surface area (Å²) in [7, 11) is 0. The van der Waals surface area contributed by atoms with Crippen LogP contribution in [0.1, 0.15) is 31.0 Å². The zero-order valence-corrected chi connectivity index (χ0v) is 12.8. The van der Waals surface area contributed by atoms with Crippen LogP contribution in [0.4, 0.5) is 19.0 Å². The summed E-state index contributed by atoms with van der Waals surface area (Å²) in [5.74, 6) is 0.508. The Balaban J connectivity index is 1.83. The molecule has 0 saturated carbocycles. The van der Waals surface area contributed by atoms with E-state index in [0.29, 0.717) is 5.82 Å². The lowest BCUT2D eigenvalue weighted by atomic mass is 9.90. The zero-order chi connectivity index (χ0) is 16.5. The number of alkyl halides is 3. The molecule has 122 valence electrons. The normalized spacial score (nSPS) is 21.7. The van der Waals surface area contributed by atoms with Crippen molar-refractivity contribution in [2.75, 3.05) is 11.4 Å². The van der Waals surface area contributed by atoms with Gasteiger partial charge in [0.25, 0.3) is 0 Å². The van der Waals surface area contributed by atoms with Crippen molar-refractivity contribution < 1.29 is 13.2 Å². The molecule has 0 N–H and O–H groups in total. The van der Waals surface area contributed by atoms with Crippen LogP contribution in [0.25, 0.3) is 0 Å². The van der Waals surface area contributed by atoms with E-state index in [4.69, 9.17) is 0 Å². The van der Waals surface area contributed by atoms with Gasteiger partial charge in [0.15, 0.2) is 11.5 Å². The molecule has 0 aliphatic carbocycles. The Kier molecular flexibility index (Phi) is 4.00. The minimum absolute atomic E-state index is 0.157. The number of rotatable bonds is 3. The smallest absolute Gasteiger partial charge is 0.349 e. The van der Waals surface area contributed by atoms with Crippen LogP contribution < -0.4 is 4.90 Å². The topological polar surface area (TPSA) is 29.0 Å². The van der Waals surface area contributed by atoms with E-state index in [1.807, 2.05) is 18.2 Å². The quantitative estimate of drug-likeness (QED) is 0.852. The summed E-state index contributed by atoms with van der Waals surface area (Å²) in [6.45, 7) is 2.91. The Morgan fingerprint density at radius 2 is 1.83 bits per heavy atom. The van der Waals surface area contributed by atoms with Crippen molar-refractivity contribution in [3.63, 3.8) is 0 Å². The Bertz CT molecular complexity index is 655. The first-order chi connectivity index (χ1) is 10.9. The third kappa shape index (κ3) is 3.30.